The Morgan fingerprint density at radius 1 is 1.56 bits per heavy atom. The Bertz CT molecular complexity index is 380. The van der Waals surface area contributed by atoms with Crippen molar-refractivity contribution in [2.45, 2.75) is 25.6 Å². The molecule has 3 unspecified atom stereocenters. The maximum atomic E-state index is 6.46. The first-order chi connectivity index (χ1) is 7.63. The minimum Gasteiger partial charge on any atom is -0.494 e. The monoisotopic (exact) mass is 302 g/mol. The van der Waals surface area contributed by atoms with E-state index in [-0.39, 0.29) is 5.38 Å². The smallest absolute Gasteiger partial charge is 0.120 e. The van der Waals surface area contributed by atoms with Crippen LogP contribution < -0.4 is 4.74 Å². The zero-order valence-electron chi connectivity index (χ0n) is 9.54. The molecule has 1 saturated carbocycles. The summed E-state index contributed by atoms with van der Waals surface area (Å²) in [7, 11) is 0. The topological polar surface area (TPSA) is 9.23 Å². The van der Waals surface area contributed by atoms with E-state index >= 15 is 0 Å². The zero-order valence-corrected chi connectivity index (χ0v) is 11.9. The summed E-state index contributed by atoms with van der Waals surface area (Å²) in [5.41, 5.74) is 1.18. The summed E-state index contributed by atoms with van der Waals surface area (Å²) in [6.45, 7) is 4.93. The van der Waals surface area contributed by atoms with Gasteiger partial charge in [0.1, 0.15) is 5.75 Å². The summed E-state index contributed by atoms with van der Waals surface area (Å²) in [6, 6.07) is 6.06. The number of rotatable bonds is 4. The molecule has 0 radical (unpaired) electrons. The predicted molar refractivity (Wildman–Crippen MR) is 71.2 cm³/mol. The number of halogens is 2. The fraction of sp³-hybridized carbons (Fsp3) is 0.538. The normalized spacial score (nSPS) is 25.2. The Morgan fingerprint density at radius 3 is 2.75 bits per heavy atom. The largest absolute Gasteiger partial charge is 0.494 e. The third kappa shape index (κ3) is 2.54. The SMILES string of the molecule is CCOc1ccc(C(Cl)C2CC2C)c(Br)c1. The number of benzene rings is 1. The van der Waals surface area contributed by atoms with Crippen LogP contribution in [0.25, 0.3) is 0 Å². The predicted octanol–water partition coefficient (Wildman–Crippen LogP) is 4.78. The van der Waals surface area contributed by atoms with Gasteiger partial charge in [-0.2, -0.15) is 0 Å². The maximum Gasteiger partial charge on any atom is 0.120 e. The van der Waals surface area contributed by atoms with Crippen molar-refractivity contribution in [1.82, 2.24) is 0 Å². The average molecular weight is 304 g/mol. The minimum atomic E-state index is 0.125. The van der Waals surface area contributed by atoms with E-state index in [0.29, 0.717) is 12.5 Å². The highest BCUT2D eigenvalue weighted by Gasteiger charge is 2.39. The zero-order chi connectivity index (χ0) is 11.7. The van der Waals surface area contributed by atoms with E-state index in [4.69, 9.17) is 16.3 Å². The highest BCUT2D eigenvalue weighted by molar-refractivity contribution is 9.10. The molecule has 1 aliphatic carbocycles. The molecule has 3 atom stereocenters. The van der Waals surface area contributed by atoms with Crippen LogP contribution in [0.15, 0.2) is 22.7 Å². The third-order valence-corrected chi connectivity index (χ3v) is 4.37. The van der Waals surface area contributed by atoms with Crippen molar-refractivity contribution in [2.24, 2.45) is 11.8 Å². The van der Waals surface area contributed by atoms with Gasteiger partial charge in [0.15, 0.2) is 0 Å². The molecule has 0 bridgehead atoms. The van der Waals surface area contributed by atoms with Gasteiger partial charge in [0.25, 0.3) is 0 Å². The van der Waals surface area contributed by atoms with Crippen LogP contribution in [-0.4, -0.2) is 6.61 Å². The molecule has 0 heterocycles. The molecule has 1 fully saturated rings. The van der Waals surface area contributed by atoms with Gasteiger partial charge in [0, 0.05) is 4.47 Å². The average Bonchev–Trinajstić information content (AvgIpc) is 2.95. The fourth-order valence-corrected chi connectivity index (χ4v) is 3.25. The van der Waals surface area contributed by atoms with Crippen LogP contribution in [0.5, 0.6) is 5.75 Å². The molecule has 1 aromatic rings. The molecular weight excluding hydrogens is 287 g/mol. The van der Waals surface area contributed by atoms with Gasteiger partial charge in [-0.1, -0.05) is 28.9 Å². The van der Waals surface area contributed by atoms with Gasteiger partial charge in [0.2, 0.25) is 0 Å². The van der Waals surface area contributed by atoms with E-state index in [1.165, 1.54) is 12.0 Å². The van der Waals surface area contributed by atoms with E-state index in [1.807, 2.05) is 19.1 Å². The number of ether oxygens (including phenoxy) is 1. The van der Waals surface area contributed by atoms with Gasteiger partial charge in [-0.15, -0.1) is 11.6 Å². The van der Waals surface area contributed by atoms with E-state index in [1.54, 1.807) is 0 Å². The van der Waals surface area contributed by atoms with Crippen LogP contribution in [0.2, 0.25) is 0 Å². The van der Waals surface area contributed by atoms with Gasteiger partial charge >= 0.3 is 0 Å². The standard InChI is InChI=1S/C13H16BrClO/c1-3-16-9-4-5-10(12(14)7-9)13(15)11-6-8(11)2/h4-5,7-8,11,13H,3,6H2,1-2H3. The van der Waals surface area contributed by atoms with Crippen molar-refractivity contribution in [2.75, 3.05) is 6.61 Å². The lowest BCUT2D eigenvalue weighted by Crippen LogP contribution is -1.97. The molecule has 0 aromatic heterocycles. The Kier molecular flexibility index (Phi) is 3.81. The lowest BCUT2D eigenvalue weighted by Gasteiger charge is -2.13. The maximum absolute atomic E-state index is 6.46. The summed E-state index contributed by atoms with van der Waals surface area (Å²) in [4.78, 5) is 0. The van der Waals surface area contributed by atoms with Gasteiger partial charge < -0.3 is 4.74 Å². The second kappa shape index (κ2) is 4.97. The van der Waals surface area contributed by atoms with Crippen LogP contribution in [0.1, 0.15) is 31.2 Å². The van der Waals surface area contributed by atoms with Crippen molar-refractivity contribution in [3.63, 3.8) is 0 Å². The molecule has 0 spiro atoms. The third-order valence-electron chi connectivity index (χ3n) is 3.13. The van der Waals surface area contributed by atoms with Crippen molar-refractivity contribution in [3.8, 4) is 5.75 Å². The van der Waals surface area contributed by atoms with E-state index < -0.39 is 0 Å². The number of alkyl halides is 1. The summed E-state index contributed by atoms with van der Waals surface area (Å²) in [6.07, 6.45) is 1.24. The molecule has 1 aromatic carbocycles. The van der Waals surface area contributed by atoms with Gasteiger partial charge in [-0.25, -0.2) is 0 Å². The van der Waals surface area contributed by atoms with Crippen LogP contribution in [-0.2, 0) is 0 Å². The van der Waals surface area contributed by atoms with Crippen LogP contribution in [0.4, 0.5) is 0 Å². The van der Waals surface area contributed by atoms with Crippen molar-refractivity contribution >= 4 is 27.5 Å². The Labute approximate surface area is 110 Å². The molecule has 1 aliphatic rings. The minimum absolute atomic E-state index is 0.125. The quantitative estimate of drug-likeness (QED) is 0.727. The molecule has 0 saturated heterocycles. The molecule has 0 amide bonds. The van der Waals surface area contributed by atoms with E-state index in [9.17, 15) is 0 Å². The van der Waals surface area contributed by atoms with E-state index in [2.05, 4.69) is 28.9 Å². The Hall–Kier alpha value is -0.210. The van der Waals surface area contributed by atoms with Crippen LogP contribution in [0, 0.1) is 11.8 Å². The summed E-state index contributed by atoms with van der Waals surface area (Å²) in [5, 5.41) is 0.125. The van der Waals surface area contributed by atoms with Crippen LogP contribution in [0.3, 0.4) is 0 Å². The van der Waals surface area contributed by atoms with Crippen molar-refractivity contribution in [1.29, 1.82) is 0 Å². The number of hydrogen-bond donors (Lipinski definition) is 0. The van der Waals surface area contributed by atoms with Gasteiger partial charge in [0.05, 0.1) is 12.0 Å². The van der Waals surface area contributed by atoms with Crippen molar-refractivity contribution < 1.29 is 4.74 Å². The summed E-state index contributed by atoms with van der Waals surface area (Å²) >= 11 is 10.0. The first-order valence-electron chi connectivity index (χ1n) is 5.69. The molecule has 1 nitrogen and oxygen atoms in total. The Balaban J connectivity index is 2.15. The molecule has 16 heavy (non-hydrogen) atoms. The first kappa shape index (κ1) is 12.3. The molecule has 0 aliphatic heterocycles. The molecule has 2 rings (SSSR count). The Morgan fingerprint density at radius 2 is 2.25 bits per heavy atom. The molecule has 3 heteroatoms. The summed E-state index contributed by atoms with van der Waals surface area (Å²) in [5.74, 6) is 2.29. The number of hydrogen-bond acceptors (Lipinski definition) is 1. The first-order valence-corrected chi connectivity index (χ1v) is 6.92. The summed E-state index contributed by atoms with van der Waals surface area (Å²) < 4.78 is 6.50. The van der Waals surface area contributed by atoms with Gasteiger partial charge in [-0.05, 0) is 42.9 Å². The lowest BCUT2D eigenvalue weighted by atomic mass is 10.1. The van der Waals surface area contributed by atoms with Crippen molar-refractivity contribution in [3.05, 3.63) is 28.2 Å². The highest BCUT2D eigenvalue weighted by Crippen LogP contribution is 2.51. The van der Waals surface area contributed by atoms with E-state index in [0.717, 1.165) is 16.1 Å². The van der Waals surface area contributed by atoms with Crippen LogP contribution >= 0.6 is 27.5 Å². The van der Waals surface area contributed by atoms with Gasteiger partial charge in [-0.3, -0.25) is 0 Å². The molecular formula is C13H16BrClO. The lowest BCUT2D eigenvalue weighted by molar-refractivity contribution is 0.340. The second-order valence-corrected chi connectivity index (χ2v) is 5.72. The second-order valence-electron chi connectivity index (χ2n) is 4.39. The fourth-order valence-electron chi connectivity index (χ4n) is 1.98. The molecule has 0 N–H and O–H groups in total. The highest BCUT2D eigenvalue weighted by atomic mass is 79.9. The molecule has 88 valence electrons.